The van der Waals surface area contributed by atoms with E-state index in [1.165, 1.54) is 35.6 Å². The zero-order valence-corrected chi connectivity index (χ0v) is 20.8. The Morgan fingerprint density at radius 3 is 2.53 bits per heavy atom. The molecule has 0 saturated carbocycles. The summed E-state index contributed by atoms with van der Waals surface area (Å²) in [5.74, 6) is 0.264. The van der Waals surface area contributed by atoms with Gasteiger partial charge in [0.1, 0.15) is 0 Å². The highest BCUT2D eigenvalue weighted by Gasteiger charge is 2.30. The lowest BCUT2D eigenvalue weighted by Gasteiger charge is -2.21. The van der Waals surface area contributed by atoms with Crippen LogP contribution in [0.4, 0.5) is 29.3 Å². The van der Waals surface area contributed by atoms with Crippen LogP contribution in [0.5, 0.6) is 0 Å². The van der Waals surface area contributed by atoms with Crippen molar-refractivity contribution in [2.45, 2.75) is 30.3 Å². The lowest BCUT2D eigenvalue weighted by Crippen LogP contribution is -2.21. The fourth-order valence-electron chi connectivity index (χ4n) is 4.02. The normalized spacial score (nSPS) is 15.0. The Balaban J connectivity index is 1.55. The van der Waals surface area contributed by atoms with Crippen LogP contribution in [0.15, 0.2) is 64.2 Å². The fourth-order valence-corrected chi connectivity index (χ4v) is 6.13. The number of hydrogen-bond acceptors (Lipinski definition) is 5. The van der Waals surface area contributed by atoms with Crippen LogP contribution in [0, 0.1) is 5.92 Å². The van der Waals surface area contributed by atoms with Crippen molar-refractivity contribution in [3.8, 4) is 11.1 Å². The van der Waals surface area contributed by atoms with E-state index in [9.17, 15) is 26.4 Å². The van der Waals surface area contributed by atoms with Crippen LogP contribution in [0.1, 0.15) is 24.8 Å². The maximum absolute atomic E-state index is 13.1. The number of carbonyl (C=O) groups is 1. The maximum Gasteiger partial charge on any atom is 0.416 e. The monoisotopic (exact) mass is 538 g/mol. The molecule has 0 spiro atoms. The van der Waals surface area contributed by atoms with E-state index in [4.69, 9.17) is 4.74 Å². The molecule has 11 heteroatoms. The van der Waals surface area contributed by atoms with Gasteiger partial charge in [-0.3, -0.25) is 0 Å². The number of alkyl halides is 3. The number of ether oxygens (including phenoxy) is 1. The molecule has 0 unspecified atom stereocenters. The molecule has 2 amide bonds. The number of rotatable bonds is 7. The summed E-state index contributed by atoms with van der Waals surface area (Å²) in [7, 11) is -3.62. The first-order valence-electron chi connectivity index (χ1n) is 11.3. The summed E-state index contributed by atoms with van der Waals surface area (Å²) >= 11 is 1.44. The predicted octanol–water partition coefficient (Wildman–Crippen LogP) is 6.67. The number of sulfone groups is 1. The van der Waals surface area contributed by atoms with Gasteiger partial charge in [0, 0.05) is 24.5 Å². The number of carbonyl (C=O) groups excluding carboxylic acids is 1. The van der Waals surface area contributed by atoms with Gasteiger partial charge in [0.25, 0.3) is 0 Å². The Bertz CT molecular complexity index is 1300. The predicted molar refractivity (Wildman–Crippen MR) is 134 cm³/mol. The number of urea groups is 1. The minimum absolute atomic E-state index is 0.0225. The highest BCUT2D eigenvalue weighted by atomic mass is 32.2. The van der Waals surface area contributed by atoms with Crippen LogP contribution >= 0.6 is 11.3 Å². The molecule has 2 aromatic carbocycles. The second-order valence-corrected chi connectivity index (χ2v) is 11.4. The van der Waals surface area contributed by atoms with Crippen molar-refractivity contribution in [1.29, 1.82) is 0 Å². The van der Waals surface area contributed by atoms with Crippen molar-refractivity contribution in [3.05, 3.63) is 64.9 Å². The molecule has 1 saturated heterocycles. The van der Waals surface area contributed by atoms with E-state index in [2.05, 4.69) is 10.6 Å². The SMILES string of the molecule is O=C(Nc1cccc(C(F)(F)F)c1)Nc1cc(S(=O)(=O)CCC2CCOCC2)ccc1-c1ccsc1. The maximum atomic E-state index is 13.1. The van der Waals surface area contributed by atoms with Crippen molar-refractivity contribution in [2.24, 2.45) is 5.92 Å². The van der Waals surface area contributed by atoms with E-state index in [0.29, 0.717) is 25.2 Å². The van der Waals surface area contributed by atoms with Gasteiger partial charge in [0.05, 0.1) is 21.9 Å². The summed E-state index contributed by atoms with van der Waals surface area (Å²) in [5.41, 5.74) is 0.681. The summed E-state index contributed by atoms with van der Waals surface area (Å²) in [5, 5.41) is 8.71. The lowest BCUT2D eigenvalue weighted by molar-refractivity contribution is -0.137. The largest absolute Gasteiger partial charge is 0.416 e. The summed E-state index contributed by atoms with van der Waals surface area (Å²) in [6.45, 7) is 1.27. The van der Waals surface area contributed by atoms with Gasteiger partial charge >= 0.3 is 12.2 Å². The molecule has 0 atom stereocenters. The van der Waals surface area contributed by atoms with Crippen molar-refractivity contribution >= 4 is 38.6 Å². The molecular weight excluding hydrogens is 513 g/mol. The molecule has 2 N–H and O–H groups in total. The van der Waals surface area contributed by atoms with E-state index in [-0.39, 0.29) is 27.9 Å². The number of amides is 2. The molecule has 6 nitrogen and oxygen atoms in total. The minimum atomic E-state index is -4.55. The van der Waals surface area contributed by atoms with E-state index >= 15 is 0 Å². The third-order valence-electron chi connectivity index (χ3n) is 6.01. The van der Waals surface area contributed by atoms with Crippen LogP contribution in [-0.2, 0) is 20.8 Å². The second kappa shape index (κ2) is 11.0. The molecule has 1 aliphatic heterocycles. The van der Waals surface area contributed by atoms with Crippen LogP contribution in [0.2, 0.25) is 0 Å². The number of halogens is 3. The molecule has 1 aromatic heterocycles. The number of anilines is 2. The molecular formula is C25H25F3N2O4S2. The molecule has 1 fully saturated rings. The molecule has 4 rings (SSSR count). The van der Waals surface area contributed by atoms with E-state index in [1.54, 1.807) is 6.07 Å². The van der Waals surface area contributed by atoms with E-state index in [1.807, 2.05) is 16.8 Å². The molecule has 3 aromatic rings. The van der Waals surface area contributed by atoms with Crippen molar-refractivity contribution in [3.63, 3.8) is 0 Å². The Morgan fingerprint density at radius 2 is 1.83 bits per heavy atom. The molecule has 0 radical (unpaired) electrons. The molecule has 0 aliphatic carbocycles. The highest BCUT2D eigenvalue weighted by Crippen LogP contribution is 2.34. The molecule has 36 heavy (non-hydrogen) atoms. The Morgan fingerprint density at radius 1 is 1.06 bits per heavy atom. The smallest absolute Gasteiger partial charge is 0.381 e. The second-order valence-electron chi connectivity index (χ2n) is 8.54. The van der Waals surface area contributed by atoms with E-state index < -0.39 is 27.6 Å². The minimum Gasteiger partial charge on any atom is -0.381 e. The van der Waals surface area contributed by atoms with Gasteiger partial charge in [-0.15, -0.1) is 0 Å². The molecule has 1 aliphatic rings. The molecule has 192 valence electrons. The van der Waals surface area contributed by atoms with Gasteiger partial charge < -0.3 is 15.4 Å². The van der Waals surface area contributed by atoms with Gasteiger partial charge in [-0.25, -0.2) is 13.2 Å². The first kappa shape index (κ1) is 26.2. The standard InChI is InChI=1S/C25H25F3N2O4S2/c26-25(27,28)19-2-1-3-20(14-19)29-24(31)30-23-15-21(4-5-22(23)18-8-12-35-16-18)36(32,33)13-9-17-6-10-34-11-7-17/h1-5,8,12,14-17H,6-7,9-11,13H2,(H2,29,30,31). The highest BCUT2D eigenvalue weighted by molar-refractivity contribution is 7.91. The third-order valence-corrected chi connectivity index (χ3v) is 8.44. The van der Waals surface area contributed by atoms with Gasteiger partial charge in [-0.2, -0.15) is 24.5 Å². The van der Waals surface area contributed by atoms with Crippen LogP contribution in [0.25, 0.3) is 11.1 Å². The zero-order valence-electron chi connectivity index (χ0n) is 19.2. The average Bonchev–Trinajstić information content (AvgIpc) is 3.38. The number of benzene rings is 2. The lowest BCUT2D eigenvalue weighted by atomic mass is 9.98. The van der Waals surface area contributed by atoms with Crippen molar-refractivity contribution < 1.29 is 31.1 Å². The summed E-state index contributed by atoms with van der Waals surface area (Å²) in [6, 6.07) is 9.86. The van der Waals surface area contributed by atoms with Crippen molar-refractivity contribution in [2.75, 3.05) is 29.6 Å². The van der Waals surface area contributed by atoms with E-state index in [0.717, 1.165) is 30.5 Å². The van der Waals surface area contributed by atoms with Crippen molar-refractivity contribution in [1.82, 2.24) is 0 Å². The van der Waals surface area contributed by atoms with Gasteiger partial charge in [0.2, 0.25) is 0 Å². The Hall–Kier alpha value is -2.89. The fraction of sp³-hybridized carbons (Fsp3) is 0.320. The zero-order chi connectivity index (χ0) is 25.8. The van der Waals surface area contributed by atoms with Gasteiger partial charge in [-0.1, -0.05) is 12.1 Å². The number of hydrogen-bond donors (Lipinski definition) is 2. The van der Waals surface area contributed by atoms with Gasteiger partial charge in [0.15, 0.2) is 9.84 Å². The average molecular weight is 539 g/mol. The number of thiophene rings is 1. The Labute approximate surface area is 211 Å². The summed E-state index contributed by atoms with van der Waals surface area (Å²) < 4.78 is 70.5. The summed E-state index contributed by atoms with van der Waals surface area (Å²) in [6.07, 6.45) is -2.37. The van der Waals surface area contributed by atoms with Crippen LogP contribution in [0.3, 0.4) is 0 Å². The van der Waals surface area contributed by atoms with Crippen LogP contribution < -0.4 is 10.6 Å². The molecule has 2 heterocycles. The quantitative estimate of drug-likeness (QED) is 0.352. The summed E-state index contributed by atoms with van der Waals surface area (Å²) in [4.78, 5) is 12.8. The topological polar surface area (TPSA) is 84.5 Å². The first-order valence-corrected chi connectivity index (χ1v) is 13.9. The third kappa shape index (κ3) is 6.65. The van der Waals surface area contributed by atoms with Crippen LogP contribution in [-0.4, -0.2) is 33.4 Å². The number of nitrogens with one attached hydrogen (secondary N) is 2. The molecule has 0 bridgehead atoms. The Kier molecular flexibility index (Phi) is 8.01. The first-order chi connectivity index (χ1) is 17.1. The van der Waals surface area contributed by atoms with Gasteiger partial charge in [-0.05, 0) is 77.9 Å².